The molecule has 1 aliphatic heterocycles. The first-order chi connectivity index (χ1) is 12.4. The molecular weight excluding hydrogens is 334 g/mol. The Morgan fingerprint density at radius 1 is 1.38 bits per heavy atom. The minimum Gasteiger partial charge on any atom is -0.467 e. The lowest BCUT2D eigenvalue weighted by Gasteiger charge is -2.29. The van der Waals surface area contributed by atoms with Crippen LogP contribution >= 0.6 is 0 Å². The van der Waals surface area contributed by atoms with Gasteiger partial charge in [-0.2, -0.15) is 5.10 Å². The quantitative estimate of drug-likeness (QED) is 0.883. The topological polar surface area (TPSA) is 83.6 Å². The zero-order chi connectivity index (χ0) is 18.7. The SMILES string of the molecule is CC(C)C(=O)N1CCn2nc(CNC(=O)N(C)Cc3ccco3)cc2C1. The van der Waals surface area contributed by atoms with E-state index < -0.39 is 0 Å². The van der Waals surface area contributed by atoms with E-state index in [0.717, 1.165) is 17.1 Å². The molecule has 0 spiro atoms. The summed E-state index contributed by atoms with van der Waals surface area (Å²) in [6.07, 6.45) is 1.59. The normalized spacial score (nSPS) is 13.6. The number of aromatic nitrogens is 2. The van der Waals surface area contributed by atoms with Crippen molar-refractivity contribution in [2.75, 3.05) is 13.6 Å². The minimum atomic E-state index is -0.191. The molecule has 1 N–H and O–H groups in total. The molecule has 140 valence electrons. The molecule has 0 aromatic carbocycles. The van der Waals surface area contributed by atoms with Crippen LogP contribution in [0.4, 0.5) is 4.79 Å². The molecule has 0 fully saturated rings. The fourth-order valence-electron chi connectivity index (χ4n) is 2.97. The highest BCUT2D eigenvalue weighted by Gasteiger charge is 2.24. The van der Waals surface area contributed by atoms with Crippen molar-refractivity contribution in [2.24, 2.45) is 5.92 Å². The number of carbonyl (C=O) groups is 2. The zero-order valence-corrected chi connectivity index (χ0v) is 15.4. The van der Waals surface area contributed by atoms with Gasteiger partial charge in [0.25, 0.3) is 0 Å². The van der Waals surface area contributed by atoms with E-state index in [1.54, 1.807) is 24.3 Å². The number of amides is 3. The summed E-state index contributed by atoms with van der Waals surface area (Å²) in [6, 6.07) is 5.39. The van der Waals surface area contributed by atoms with Crippen LogP contribution in [0.2, 0.25) is 0 Å². The molecule has 0 bridgehead atoms. The predicted octanol–water partition coefficient (Wildman–Crippen LogP) is 1.82. The van der Waals surface area contributed by atoms with E-state index in [-0.39, 0.29) is 17.9 Å². The third kappa shape index (κ3) is 4.07. The highest BCUT2D eigenvalue weighted by atomic mass is 16.3. The maximum absolute atomic E-state index is 12.2. The van der Waals surface area contributed by atoms with Crippen LogP contribution in [-0.2, 0) is 31.0 Å². The monoisotopic (exact) mass is 359 g/mol. The summed E-state index contributed by atoms with van der Waals surface area (Å²) < 4.78 is 7.16. The van der Waals surface area contributed by atoms with Crippen molar-refractivity contribution in [3.63, 3.8) is 0 Å². The van der Waals surface area contributed by atoms with E-state index in [1.807, 2.05) is 35.6 Å². The lowest BCUT2D eigenvalue weighted by Crippen LogP contribution is -2.40. The molecule has 26 heavy (non-hydrogen) atoms. The van der Waals surface area contributed by atoms with Crippen LogP contribution in [0.3, 0.4) is 0 Å². The molecule has 0 saturated carbocycles. The Labute approximate surface area is 152 Å². The number of urea groups is 1. The summed E-state index contributed by atoms with van der Waals surface area (Å²) in [4.78, 5) is 27.8. The second-order valence-corrected chi connectivity index (χ2v) is 6.86. The Kier molecular flexibility index (Phi) is 5.29. The molecular formula is C18H25N5O3. The largest absolute Gasteiger partial charge is 0.467 e. The molecule has 0 unspecified atom stereocenters. The maximum Gasteiger partial charge on any atom is 0.317 e. The molecule has 0 atom stereocenters. The van der Waals surface area contributed by atoms with Crippen LogP contribution < -0.4 is 5.32 Å². The van der Waals surface area contributed by atoms with Gasteiger partial charge in [0, 0.05) is 19.5 Å². The van der Waals surface area contributed by atoms with Crippen LogP contribution in [0.25, 0.3) is 0 Å². The van der Waals surface area contributed by atoms with Crippen molar-refractivity contribution in [1.82, 2.24) is 24.9 Å². The predicted molar refractivity (Wildman–Crippen MR) is 94.9 cm³/mol. The molecule has 1 aliphatic rings. The van der Waals surface area contributed by atoms with Crippen LogP contribution in [0.5, 0.6) is 0 Å². The number of hydrogen-bond acceptors (Lipinski definition) is 4. The fourth-order valence-corrected chi connectivity index (χ4v) is 2.97. The van der Waals surface area contributed by atoms with Gasteiger partial charge in [-0.3, -0.25) is 9.48 Å². The molecule has 8 nitrogen and oxygen atoms in total. The number of rotatable bonds is 5. The van der Waals surface area contributed by atoms with Crippen LogP contribution in [0, 0.1) is 5.92 Å². The summed E-state index contributed by atoms with van der Waals surface area (Å²) in [6.45, 7) is 6.49. The van der Waals surface area contributed by atoms with Crippen molar-refractivity contribution in [1.29, 1.82) is 0 Å². The van der Waals surface area contributed by atoms with Gasteiger partial charge in [0.05, 0.1) is 43.8 Å². The Balaban J connectivity index is 1.54. The number of nitrogens with one attached hydrogen (secondary N) is 1. The Morgan fingerprint density at radius 2 is 2.19 bits per heavy atom. The summed E-state index contributed by atoms with van der Waals surface area (Å²) >= 11 is 0. The zero-order valence-electron chi connectivity index (χ0n) is 15.4. The van der Waals surface area contributed by atoms with Gasteiger partial charge in [0.15, 0.2) is 0 Å². The third-order valence-corrected chi connectivity index (χ3v) is 4.39. The van der Waals surface area contributed by atoms with E-state index in [1.165, 1.54) is 0 Å². The van der Waals surface area contributed by atoms with E-state index in [0.29, 0.717) is 32.7 Å². The maximum atomic E-state index is 12.2. The van der Waals surface area contributed by atoms with Crippen molar-refractivity contribution < 1.29 is 14.0 Å². The highest BCUT2D eigenvalue weighted by molar-refractivity contribution is 5.78. The average Bonchev–Trinajstić information content (AvgIpc) is 3.27. The second kappa shape index (κ2) is 7.63. The van der Waals surface area contributed by atoms with Gasteiger partial charge < -0.3 is 19.5 Å². The average molecular weight is 359 g/mol. The van der Waals surface area contributed by atoms with E-state index in [4.69, 9.17) is 4.42 Å². The van der Waals surface area contributed by atoms with Crippen molar-refractivity contribution in [3.05, 3.63) is 41.6 Å². The number of fused-ring (bicyclic) bond motifs is 1. The number of hydrogen-bond donors (Lipinski definition) is 1. The Bertz CT molecular complexity index is 766. The van der Waals surface area contributed by atoms with Gasteiger partial charge in [-0.05, 0) is 18.2 Å². The lowest BCUT2D eigenvalue weighted by molar-refractivity contribution is -0.136. The first-order valence-corrected chi connectivity index (χ1v) is 8.79. The minimum absolute atomic E-state index is 0.00655. The molecule has 2 aromatic heterocycles. The van der Waals surface area contributed by atoms with Crippen LogP contribution in [-0.4, -0.2) is 45.1 Å². The summed E-state index contributed by atoms with van der Waals surface area (Å²) in [5.74, 6) is 0.884. The summed E-state index contributed by atoms with van der Waals surface area (Å²) in [7, 11) is 1.71. The molecule has 3 amide bonds. The Morgan fingerprint density at radius 3 is 2.88 bits per heavy atom. The number of furan rings is 1. The molecule has 8 heteroatoms. The third-order valence-electron chi connectivity index (χ3n) is 4.39. The van der Waals surface area contributed by atoms with Gasteiger partial charge in [0.2, 0.25) is 5.91 Å². The summed E-state index contributed by atoms with van der Waals surface area (Å²) in [5.41, 5.74) is 1.79. The van der Waals surface area contributed by atoms with Gasteiger partial charge in [0.1, 0.15) is 5.76 Å². The molecule has 0 radical (unpaired) electrons. The first kappa shape index (κ1) is 18.0. The standard InChI is InChI=1S/C18H25N5O3/c1-13(2)17(24)22-6-7-23-15(11-22)9-14(20-23)10-19-18(25)21(3)12-16-5-4-8-26-16/h4-5,8-9,13H,6-7,10-12H2,1-3H3,(H,19,25). The molecule has 0 saturated heterocycles. The fraction of sp³-hybridized carbons (Fsp3) is 0.500. The van der Waals surface area contributed by atoms with Crippen molar-refractivity contribution in [3.8, 4) is 0 Å². The van der Waals surface area contributed by atoms with Crippen LogP contribution in [0.15, 0.2) is 28.9 Å². The molecule has 2 aromatic rings. The van der Waals surface area contributed by atoms with Gasteiger partial charge in [-0.1, -0.05) is 13.8 Å². The smallest absolute Gasteiger partial charge is 0.317 e. The summed E-state index contributed by atoms with van der Waals surface area (Å²) in [5, 5.41) is 7.38. The van der Waals surface area contributed by atoms with Gasteiger partial charge in [-0.25, -0.2) is 4.79 Å². The van der Waals surface area contributed by atoms with Crippen molar-refractivity contribution in [2.45, 2.75) is 40.0 Å². The second-order valence-electron chi connectivity index (χ2n) is 6.86. The molecule has 3 rings (SSSR count). The van der Waals surface area contributed by atoms with Gasteiger partial charge >= 0.3 is 6.03 Å². The van der Waals surface area contributed by atoms with E-state index >= 15 is 0 Å². The molecule has 0 aliphatic carbocycles. The Hall–Kier alpha value is -2.77. The lowest BCUT2D eigenvalue weighted by atomic mass is 10.1. The van der Waals surface area contributed by atoms with E-state index in [2.05, 4.69) is 10.4 Å². The molecule has 3 heterocycles. The number of nitrogens with zero attached hydrogens (tertiary/aromatic N) is 4. The van der Waals surface area contributed by atoms with Crippen molar-refractivity contribution >= 4 is 11.9 Å². The van der Waals surface area contributed by atoms with Crippen LogP contribution in [0.1, 0.15) is 31.0 Å². The van der Waals surface area contributed by atoms with Gasteiger partial charge in [-0.15, -0.1) is 0 Å². The van der Waals surface area contributed by atoms with E-state index in [9.17, 15) is 9.59 Å². The number of carbonyl (C=O) groups excluding carboxylic acids is 2. The first-order valence-electron chi connectivity index (χ1n) is 8.79. The highest BCUT2D eigenvalue weighted by Crippen LogP contribution is 2.16.